The van der Waals surface area contributed by atoms with Crippen molar-refractivity contribution in [3.05, 3.63) is 29.3 Å². The lowest BCUT2D eigenvalue weighted by Crippen LogP contribution is -2.32. The van der Waals surface area contributed by atoms with Crippen molar-refractivity contribution in [2.75, 3.05) is 18.5 Å². The van der Waals surface area contributed by atoms with Gasteiger partial charge < -0.3 is 10.6 Å². The van der Waals surface area contributed by atoms with Crippen molar-refractivity contribution in [1.82, 2.24) is 0 Å². The highest BCUT2D eigenvalue weighted by Crippen LogP contribution is 2.32. The van der Waals surface area contributed by atoms with Crippen molar-refractivity contribution in [3.8, 4) is 6.07 Å². The Morgan fingerprint density at radius 1 is 1.33 bits per heavy atom. The van der Waals surface area contributed by atoms with Crippen LogP contribution in [0.15, 0.2) is 18.2 Å². The molecule has 1 aromatic carbocycles. The SMILES string of the molecule is CC(C)C(N)CCN(C)c1ccc(C(F)(F)F)cc1C#N. The molecule has 6 heteroatoms. The molecule has 116 valence electrons. The summed E-state index contributed by atoms with van der Waals surface area (Å²) >= 11 is 0. The molecule has 1 aromatic rings. The molecule has 21 heavy (non-hydrogen) atoms. The first-order valence-electron chi connectivity index (χ1n) is 6.75. The van der Waals surface area contributed by atoms with Gasteiger partial charge in [0.1, 0.15) is 6.07 Å². The summed E-state index contributed by atoms with van der Waals surface area (Å²) in [7, 11) is 1.75. The van der Waals surface area contributed by atoms with Crippen LogP contribution in [-0.2, 0) is 6.18 Å². The van der Waals surface area contributed by atoms with E-state index in [1.807, 2.05) is 19.9 Å². The standard InChI is InChI=1S/C15H20F3N3/c1-10(2)13(20)6-7-21(3)14-5-4-12(15(16,17)18)8-11(14)9-19/h4-5,8,10,13H,6-7,20H2,1-3H3. The highest BCUT2D eigenvalue weighted by atomic mass is 19.4. The zero-order valence-corrected chi connectivity index (χ0v) is 12.4. The minimum atomic E-state index is -4.44. The molecule has 0 heterocycles. The van der Waals surface area contributed by atoms with Crippen molar-refractivity contribution in [2.24, 2.45) is 11.7 Å². The summed E-state index contributed by atoms with van der Waals surface area (Å²) in [6, 6.07) is 5.06. The maximum atomic E-state index is 12.6. The van der Waals surface area contributed by atoms with Gasteiger partial charge in [0.05, 0.1) is 16.8 Å². The number of nitrogens with zero attached hydrogens (tertiary/aromatic N) is 2. The van der Waals surface area contributed by atoms with E-state index >= 15 is 0 Å². The van der Waals surface area contributed by atoms with E-state index in [-0.39, 0.29) is 11.6 Å². The number of anilines is 1. The highest BCUT2D eigenvalue weighted by molar-refractivity contribution is 5.60. The van der Waals surface area contributed by atoms with E-state index in [0.29, 0.717) is 24.6 Å². The van der Waals surface area contributed by atoms with Gasteiger partial charge in [-0.3, -0.25) is 0 Å². The number of alkyl halides is 3. The van der Waals surface area contributed by atoms with Crippen LogP contribution >= 0.6 is 0 Å². The first-order valence-corrected chi connectivity index (χ1v) is 6.75. The van der Waals surface area contributed by atoms with Crippen molar-refractivity contribution in [2.45, 2.75) is 32.5 Å². The summed E-state index contributed by atoms with van der Waals surface area (Å²) in [5.74, 6) is 0.335. The summed E-state index contributed by atoms with van der Waals surface area (Å²) in [6.07, 6.45) is -3.73. The topological polar surface area (TPSA) is 53.0 Å². The fraction of sp³-hybridized carbons (Fsp3) is 0.533. The predicted octanol–water partition coefficient (Wildman–Crippen LogP) is 3.39. The molecule has 1 unspecified atom stereocenters. The fourth-order valence-corrected chi connectivity index (χ4v) is 1.93. The second-order valence-corrected chi connectivity index (χ2v) is 5.46. The summed E-state index contributed by atoms with van der Waals surface area (Å²) in [6.45, 7) is 4.62. The first kappa shape index (κ1) is 17.3. The molecule has 0 saturated heterocycles. The summed E-state index contributed by atoms with van der Waals surface area (Å²) in [5, 5.41) is 9.05. The molecule has 1 atom stereocenters. The first-order chi connectivity index (χ1) is 9.66. The number of nitrogens with two attached hydrogens (primary N) is 1. The molecule has 0 spiro atoms. The van der Waals surface area contributed by atoms with Gasteiger partial charge >= 0.3 is 6.18 Å². The quantitative estimate of drug-likeness (QED) is 0.906. The van der Waals surface area contributed by atoms with Crippen LogP contribution in [-0.4, -0.2) is 19.6 Å². The summed E-state index contributed by atoms with van der Waals surface area (Å²) in [5.41, 5.74) is 5.65. The van der Waals surface area contributed by atoms with Crippen LogP contribution in [0.3, 0.4) is 0 Å². The molecule has 0 aromatic heterocycles. The number of rotatable bonds is 5. The lowest BCUT2D eigenvalue weighted by molar-refractivity contribution is -0.137. The van der Waals surface area contributed by atoms with Gasteiger partial charge in [0.2, 0.25) is 0 Å². The van der Waals surface area contributed by atoms with E-state index in [9.17, 15) is 13.2 Å². The molecule has 0 aliphatic heterocycles. The van der Waals surface area contributed by atoms with Crippen LogP contribution in [0.1, 0.15) is 31.4 Å². The maximum Gasteiger partial charge on any atom is 0.416 e. The Kier molecular flexibility index (Phi) is 5.62. The Bertz CT molecular complexity index is 518. The third-order valence-corrected chi connectivity index (χ3v) is 3.51. The minimum Gasteiger partial charge on any atom is -0.373 e. The molecular weight excluding hydrogens is 279 g/mol. The number of halogens is 3. The minimum absolute atomic E-state index is 0.0189. The zero-order chi connectivity index (χ0) is 16.2. The van der Waals surface area contributed by atoms with E-state index in [4.69, 9.17) is 11.0 Å². The third-order valence-electron chi connectivity index (χ3n) is 3.51. The van der Waals surface area contributed by atoms with Gasteiger partial charge in [-0.25, -0.2) is 0 Å². The van der Waals surface area contributed by atoms with Crippen LogP contribution in [0.4, 0.5) is 18.9 Å². The third kappa shape index (κ3) is 4.64. The number of benzene rings is 1. The van der Waals surface area contributed by atoms with Crippen LogP contribution in [0, 0.1) is 17.2 Å². The highest BCUT2D eigenvalue weighted by Gasteiger charge is 2.31. The zero-order valence-electron chi connectivity index (χ0n) is 12.4. The molecule has 0 bridgehead atoms. The van der Waals surface area contributed by atoms with Gasteiger partial charge in [0.25, 0.3) is 0 Å². The average molecular weight is 299 g/mol. The van der Waals surface area contributed by atoms with Gasteiger partial charge in [0.15, 0.2) is 0 Å². The van der Waals surface area contributed by atoms with Crippen molar-refractivity contribution in [3.63, 3.8) is 0 Å². The predicted molar refractivity (Wildman–Crippen MR) is 76.9 cm³/mol. The molecule has 0 fully saturated rings. The van der Waals surface area contributed by atoms with Gasteiger partial charge in [-0.1, -0.05) is 13.8 Å². The Labute approximate surface area is 123 Å². The van der Waals surface area contributed by atoms with E-state index in [0.717, 1.165) is 12.1 Å². The fourth-order valence-electron chi connectivity index (χ4n) is 1.93. The monoisotopic (exact) mass is 299 g/mol. The number of hydrogen-bond acceptors (Lipinski definition) is 3. The Hall–Kier alpha value is -1.74. The van der Waals surface area contributed by atoms with Crippen molar-refractivity contribution < 1.29 is 13.2 Å². The molecule has 1 rings (SSSR count). The normalized spacial score (nSPS) is 13.1. The Morgan fingerprint density at radius 3 is 2.43 bits per heavy atom. The average Bonchev–Trinajstić information content (AvgIpc) is 2.42. The smallest absolute Gasteiger partial charge is 0.373 e. The van der Waals surface area contributed by atoms with Crippen LogP contribution in [0.25, 0.3) is 0 Å². The Morgan fingerprint density at radius 2 is 1.95 bits per heavy atom. The van der Waals surface area contributed by atoms with Gasteiger partial charge in [-0.05, 0) is 30.5 Å². The van der Waals surface area contributed by atoms with Crippen molar-refractivity contribution >= 4 is 5.69 Å². The molecule has 2 N–H and O–H groups in total. The molecule has 0 amide bonds. The lowest BCUT2D eigenvalue weighted by Gasteiger charge is -2.24. The molecule has 3 nitrogen and oxygen atoms in total. The van der Waals surface area contributed by atoms with Gasteiger partial charge in [0, 0.05) is 19.6 Å². The van der Waals surface area contributed by atoms with Gasteiger partial charge in [-0.15, -0.1) is 0 Å². The molecule has 0 saturated carbocycles. The molecule has 0 radical (unpaired) electrons. The van der Waals surface area contributed by atoms with Gasteiger partial charge in [-0.2, -0.15) is 18.4 Å². The molecule has 0 aliphatic rings. The van der Waals surface area contributed by atoms with E-state index in [1.54, 1.807) is 11.9 Å². The lowest BCUT2D eigenvalue weighted by atomic mass is 10.0. The Balaban J connectivity index is 2.90. The largest absolute Gasteiger partial charge is 0.416 e. The molecule has 0 aliphatic carbocycles. The van der Waals surface area contributed by atoms with E-state index < -0.39 is 11.7 Å². The van der Waals surface area contributed by atoms with Crippen molar-refractivity contribution in [1.29, 1.82) is 5.26 Å². The molecular formula is C15H20F3N3. The van der Waals surface area contributed by atoms with Crippen LogP contribution < -0.4 is 10.6 Å². The number of nitriles is 1. The van der Waals surface area contributed by atoms with E-state index in [2.05, 4.69) is 0 Å². The second-order valence-electron chi connectivity index (χ2n) is 5.46. The second kappa shape index (κ2) is 6.81. The van der Waals surface area contributed by atoms with E-state index in [1.165, 1.54) is 6.07 Å². The van der Waals surface area contributed by atoms with Crippen LogP contribution in [0.2, 0.25) is 0 Å². The van der Waals surface area contributed by atoms with Crippen LogP contribution in [0.5, 0.6) is 0 Å². The maximum absolute atomic E-state index is 12.6. The summed E-state index contributed by atoms with van der Waals surface area (Å²) in [4.78, 5) is 1.76. The summed E-state index contributed by atoms with van der Waals surface area (Å²) < 4.78 is 37.9. The number of hydrogen-bond donors (Lipinski definition) is 1.